The Bertz CT molecular complexity index is 789. The highest BCUT2D eigenvalue weighted by molar-refractivity contribution is 5.53. The van der Waals surface area contributed by atoms with E-state index < -0.39 is 5.82 Å². The molecule has 0 amide bonds. The summed E-state index contributed by atoms with van der Waals surface area (Å²) in [6.07, 6.45) is 0. The van der Waals surface area contributed by atoms with Gasteiger partial charge in [-0.05, 0) is 17.3 Å². The molecule has 3 aromatic rings. The summed E-state index contributed by atoms with van der Waals surface area (Å²) in [5.74, 6) is -0.0778. The lowest BCUT2D eigenvalue weighted by Gasteiger charge is -1.99. The van der Waals surface area contributed by atoms with Crippen LogP contribution in [0.1, 0.15) is 5.56 Å². The number of tetrazole rings is 1. The van der Waals surface area contributed by atoms with Crippen LogP contribution in [0.25, 0.3) is 17.1 Å². The SMILES string of the molecule is N#Cc1cc(F)cc(-n2nnc(-c3ccccc3)n2)c1. The van der Waals surface area contributed by atoms with E-state index in [0.717, 1.165) is 11.6 Å². The van der Waals surface area contributed by atoms with Crippen molar-refractivity contribution in [2.24, 2.45) is 0 Å². The van der Waals surface area contributed by atoms with Crippen LogP contribution in [0, 0.1) is 17.1 Å². The molecule has 0 bridgehead atoms. The molecular formula is C14H8FN5. The van der Waals surface area contributed by atoms with Crippen molar-refractivity contribution in [2.75, 3.05) is 0 Å². The van der Waals surface area contributed by atoms with Crippen molar-refractivity contribution in [3.05, 3.63) is 59.9 Å². The molecule has 0 aliphatic rings. The van der Waals surface area contributed by atoms with E-state index in [4.69, 9.17) is 5.26 Å². The molecule has 0 saturated heterocycles. The van der Waals surface area contributed by atoms with Crippen LogP contribution in [-0.4, -0.2) is 20.2 Å². The van der Waals surface area contributed by atoms with E-state index in [2.05, 4.69) is 15.4 Å². The second-order valence-corrected chi connectivity index (χ2v) is 4.08. The van der Waals surface area contributed by atoms with Crippen LogP contribution >= 0.6 is 0 Å². The highest BCUT2D eigenvalue weighted by atomic mass is 19.1. The molecule has 6 heteroatoms. The van der Waals surface area contributed by atoms with Crippen molar-refractivity contribution in [3.8, 4) is 23.1 Å². The average molecular weight is 265 g/mol. The molecule has 0 fully saturated rings. The third-order valence-electron chi connectivity index (χ3n) is 2.69. The summed E-state index contributed by atoms with van der Waals surface area (Å²) in [6, 6.07) is 15.1. The normalized spacial score (nSPS) is 10.2. The van der Waals surface area contributed by atoms with Crippen LogP contribution in [0.2, 0.25) is 0 Å². The number of benzene rings is 2. The summed E-state index contributed by atoms with van der Waals surface area (Å²) in [4.78, 5) is 1.20. The van der Waals surface area contributed by atoms with Gasteiger partial charge in [-0.1, -0.05) is 30.3 Å². The van der Waals surface area contributed by atoms with Gasteiger partial charge in [0, 0.05) is 11.6 Å². The maximum absolute atomic E-state index is 13.4. The molecule has 2 aromatic carbocycles. The van der Waals surface area contributed by atoms with E-state index in [-0.39, 0.29) is 5.56 Å². The quantitative estimate of drug-likeness (QED) is 0.713. The molecule has 1 heterocycles. The van der Waals surface area contributed by atoms with E-state index in [1.54, 1.807) is 0 Å². The predicted molar refractivity (Wildman–Crippen MR) is 69.3 cm³/mol. The third kappa shape index (κ3) is 2.24. The standard InChI is InChI=1S/C14H8FN5/c15-12-6-10(9-16)7-13(8-12)20-18-14(17-19-20)11-4-2-1-3-5-11/h1-8H. The predicted octanol–water partition coefficient (Wildman–Crippen LogP) is 2.34. The van der Waals surface area contributed by atoms with Gasteiger partial charge in [0.15, 0.2) is 0 Å². The second-order valence-electron chi connectivity index (χ2n) is 4.08. The van der Waals surface area contributed by atoms with Gasteiger partial charge in [0.1, 0.15) is 5.82 Å². The summed E-state index contributed by atoms with van der Waals surface area (Å²) in [5.41, 5.74) is 1.38. The molecule has 3 rings (SSSR count). The van der Waals surface area contributed by atoms with Crippen molar-refractivity contribution in [1.82, 2.24) is 20.2 Å². The first-order chi connectivity index (χ1) is 9.76. The first kappa shape index (κ1) is 12.0. The Morgan fingerprint density at radius 3 is 2.65 bits per heavy atom. The molecule has 0 unspecified atom stereocenters. The van der Waals surface area contributed by atoms with Gasteiger partial charge in [-0.15, -0.1) is 15.0 Å². The average Bonchev–Trinajstić information content (AvgIpc) is 2.97. The lowest BCUT2D eigenvalue weighted by molar-refractivity contribution is 0.620. The molecule has 0 aliphatic carbocycles. The van der Waals surface area contributed by atoms with Crippen molar-refractivity contribution < 1.29 is 4.39 Å². The largest absolute Gasteiger partial charge is 0.207 e. The van der Waals surface area contributed by atoms with Crippen LogP contribution in [0.4, 0.5) is 4.39 Å². The summed E-state index contributed by atoms with van der Waals surface area (Å²) in [6.45, 7) is 0. The molecule has 1 aromatic heterocycles. The number of halogens is 1. The Morgan fingerprint density at radius 2 is 1.90 bits per heavy atom. The van der Waals surface area contributed by atoms with Crippen LogP contribution in [-0.2, 0) is 0 Å². The van der Waals surface area contributed by atoms with E-state index >= 15 is 0 Å². The van der Waals surface area contributed by atoms with Crippen LogP contribution in [0.5, 0.6) is 0 Å². The van der Waals surface area contributed by atoms with Gasteiger partial charge in [0.25, 0.3) is 0 Å². The number of hydrogen-bond acceptors (Lipinski definition) is 4. The Morgan fingerprint density at radius 1 is 1.10 bits per heavy atom. The molecule has 96 valence electrons. The first-order valence-electron chi connectivity index (χ1n) is 5.83. The maximum atomic E-state index is 13.4. The first-order valence-corrected chi connectivity index (χ1v) is 5.83. The van der Waals surface area contributed by atoms with Crippen molar-refractivity contribution in [2.45, 2.75) is 0 Å². The van der Waals surface area contributed by atoms with Crippen molar-refractivity contribution >= 4 is 0 Å². The molecule has 0 saturated carbocycles. The van der Waals surface area contributed by atoms with Gasteiger partial charge in [0.2, 0.25) is 5.82 Å². The van der Waals surface area contributed by atoms with Gasteiger partial charge in [-0.3, -0.25) is 0 Å². The number of rotatable bonds is 2. The van der Waals surface area contributed by atoms with Gasteiger partial charge in [-0.25, -0.2) is 4.39 Å². The molecule has 0 atom stereocenters. The van der Waals surface area contributed by atoms with E-state index in [9.17, 15) is 4.39 Å². The minimum atomic E-state index is -0.516. The van der Waals surface area contributed by atoms with Crippen molar-refractivity contribution in [3.63, 3.8) is 0 Å². The molecule has 20 heavy (non-hydrogen) atoms. The zero-order valence-electron chi connectivity index (χ0n) is 10.2. The number of nitriles is 1. The van der Waals surface area contributed by atoms with E-state index in [0.29, 0.717) is 11.5 Å². The molecule has 0 radical (unpaired) electrons. The minimum absolute atomic E-state index is 0.207. The summed E-state index contributed by atoms with van der Waals surface area (Å²) in [7, 11) is 0. The summed E-state index contributed by atoms with van der Waals surface area (Å²) in [5, 5.41) is 20.8. The topological polar surface area (TPSA) is 67.4 Å². The summed E-state index contributed by atoms with van der Waals surface area (Å²) >= 11 is 0. The fourth-order valence-electron chi connectivity index (χ4n) is 1.78. The van der Waals surface area contributed by atoms with E-state index in [1.165, 1.54) is 16.9 Å². The lowest BCUT2D eigenvalue weighted by atomic mass is 10.2. The second kappa shape index (κ2) is 4.90. The van der Waals surface area contributed by atoms with Gasteiger partial charge in [-0.2, -0.15) is 5.26 Å². The van der Waals surface area contributed by atoms with Crippen LogP contribution < -0.4 is 0 Å². The Hall–Kier alpha value is -3.07. The smallest absolute Gasteiger partial charge is 0.205 e. The molecular weight excluding hydrogens is 257 g/mol. The van der Waals surface area contributed by atoms with Crippen LogP contribution in [0.3, 0.4) is 0 Å². The number of hydrogen-bond donors (Lipinski definition) is 0. The fourth-order valence-corrected chi connectivity index (χ4v) is 1.78. The Labute approximate surface area is 113 Å². The zero-order chi connectivity index (χ0) is 13.9. The fraction of sp³-hybridized carbons (Fsp3) is 0. The van der Waals surface area contributed by atoms with Crippen LogP contribution in [0.15, 0.2) is 48.5 Å². The monoisotopic (exact) mass is 265 g/mol. The van der Waals surface area contributed by atoms with Gasteiger partial charge in [0.05, 0.1) is 17.3 Å². The molecule has 0 aliphatic heterocycles. The Balaban J connectivity index is 2.03. The number of aromatic nitrogens is 4. The molecule has 0 N–H and O–H groups in total. The highest BCUT2D eigenvalue weighted by Crippen LogP contribution is 2.15. The molecule has 5 nitrogen and oxygen atoms in total. The minimum Gasteiger partial charge on any atom is -0.207 e. The lowest BCUT2D eigenvalue weighted by Crippen LogP contribution is -2.00. The highest BCUT2D eigenvalue weighted by Gasteiger charge is 2.08. The number of nitrogens with zero attached hydrogens (tertiary/aromatic N) is 5. The van der Waals surface area contributed by atoms with Gasteiger partial charge < -0.3 is 0 Å². The summed E-state index contributed by atoms with van der Waals surface area (Å²) < 4.78 is 13.4. The maximum Gasteiger partial charge on any atom is 0.205 e. The zero-order valence-corrected chi connectivity index (χ0v) is 10.2. The van der Waals surface area contributed by atoms with Crippen molar-refractivity contribution in [1.29, 1.82) is 5.26 Å². The van der Waals surface area contributed by atoms with E-state index in [1.807, 2.05) is 36.4 Å². The van der Waals surface area contributed by atoms with Gasteiger partial charge >= 0.3 is 0 Å². The molecule has 0 spiro atoms. The third-order valence-corrected chi connectivity index (χ3v) is 2.69. The Kier molecular flexibility index (Phi) is 2.94.